The largest absolute Gasteiger partial charge is 0.489 e. The Morgan fingerprint density at radius 2 is 1.88 bits per heavy atom. The molecule has 0 spiro atoms. The van der Waals surface area contributed by atoms with Gasteiger partial charge in [0.15, 0.2) is 5.69 Å². The SMILES string of the molecule is Cc1ccc(OC(C)CNC(=O)c2cn(-c3ccccc3)nn2)cc1. The number of ether oxygens (including phenoxy) is 1. The molecule has 3 rings (SSSR count). The molecule has 0 saturated heterocycles. The van der Waals surface area contributed by atoms with Gasteiger partial charge in [-0.25, -0.2) is 4.68 Å². The van der Waals surface area contributed by atoms with E-state index in [1.54, 1.807) is 10.9 Å². The standard InChI is InChI=1S/C19H20N4O2/c1-14-8-10-17(11-9-14)25-15(2)12-20-19(24)18-13-23(22-21-18)16-6-4-3-5-7-16/h3-11,13,15H,12H2,1-2H3,(H,20,24). The van der Waals surface area contributed by atoms with Crippen molar-refractivity contribution in [1.29, 1.82) is 0 Å². The predicted molar refractivity (Wildman–Crippen MR) is 95.0 cm³/mol. The molecule has 2 aromatic carbocycles. The molecule has 1 amide bonds. The zero-order chi connectivity index (χ0) is 17.6. The van der Waals surface area contributed by atoms with Crippen LogP contribution in [-0.4, -0.2) is 33.5 Å². The first kappa shape index (κ1) is 16.7. The van der Waals surface area contributed by atoms with Gasteiger partial charge >= 0.3 is 0 Å². The average Bonchev–Trinajstić information content (AvgIpc) is 3.13. The molecule has 0 aliphatic carbocycles. The molecule has 1 aromatic heterocycles. The molecule has 3 aromatic rings. The highest BCUT2D eigenvalue weighted by atomic mass is 16.5. The summed E-state index contributed by atoms with van der Waals surface area (Å²) in [5.74, 6) is 0.504. The minimum Gasteiger partial charge on any atom is -0.489 e. The van der Waals surface area contributed by atoms with E-state index < -0.39 is 0 Å². The fraction of sp³-hybridized carbons (Fsp3) is 0.211. The van der Waals surface area contributed by atoms with Crippen LogP contribution in [0.2, 0.25) is 0 Å². The number of hydrogen-bond donors (Lipinski definition) is 1. The maximum absolute atomic E-state index is 12.2. The molecule has 6 heteroatoms. The second kappa shape index (κ2) is 7.61. The molecule has 0 aliphatic heterocycles. The summed E-state index contributed by atoms with van der Waals surface area (Å²) in [6, 6.07) is 17.3. The number of hydrogen-bond acceptors (Lipinski definition) is 4. The number of carbonyl (C=O) groups excluding carboxylic acids is 1. The third kappa shape index (κ3) is 4.44. The maximum Gasteiger partial charge on any atom is 0.273 e. The van der Waals surface area contributed by atoms with Crippen molar-refractivity contribution in [2.24, 2.45) is 0 Å². The first-order valence-electron chi connectivity index (χ1n) is 8.11. The topological polar surface area (TPSA) is 69.0 Å². The molecular formula is C19H20N4O2. The summed E-state index contributed by atoms with van der Waals surface area (Å²) in [5, 5.41) is 10.7. The molecule has 0 aliphatic rings. The highest BCUT2D eigenvalue weighted by Crippen LogP contribution is 2.13. The predicted octanol–water partition coefficient (Wildman–Crippen LogP) is 2.77. The summed E-state index contributed by atoms with van der Waals surface area (Å²) >= 11 is 0. The van der Waals surface area contributed by atoms with Crippen molar-refractivity contribution in [3.8, 4) is 11.4 Å². The van der Waals surface area contributed by atoms with Gasteiger partial charge in [-0.05, 0) is 38.1 Å². The second-order valence-corrected chi connectivity index (χ2v) is 5.84. The Bertz CT molecular complexity index is 828. The van der Waals surface area contributed by atoms with Crippen LogP contribution in [0.5, 0.6) is 5.75 Å². The molecule has 0 radical (unpaired) electrons. The summed E-state index contributed by atoms with van der Waals surface area (Å²) in [6.45, 7) is 4.31. The molecule has 0 saturated carbocycles. The van der Waals surface area contributed by atoms with Crippen LogP contribution in [0.15, 0.2) is 60.8 Å². The van der Waals surface area contributed by atoms with Crippen LogP contribution in [0.25, 0.3) is 5.69 Å². The number of amides is 1. The van der Waals surface area contributed by atoms with Gasteiger partial charge in [-0.15, -0.1) is 5.10 Å². The lowest BCUT2D eigenvalue weighted by molar-refractivity contribution is 0.0927. The second-order valence-electron chi connectivity index (χ2n) is 5.84. The molecule has 1 heterocycles. The van der Waals surface area contributed by atoms with E-state index in [9.17, 15) is 4.79 Å². The summed E-state index contributed by atoms with van der Waals surface area (Å²) in [5.41, 5.74) is 2.30. The maximum atomic E-state index is 12.2. The molecule has 1 unspecified atom stereocenters. The number of benzene rings is 2. The van der Waals surface area contributed by atoms with E-state index in [1.165, 1.54) is 5.56 Å². The molecule has 1 atom stereocenters. The van der Waals surface area contributed by atoms with Crippen molar-refractivity contribution in [1.82, 2.24) is 20.3 Å². The summed E-state index contributed by atoms with van der Waals surface area (Å²) in [6.07, 6.45) is 1.45. The smallest absolute Gasteiger partial charge is 0.273 e. The summed E-state index contributed by atoms with van der Waals surface area (Å²) in [4.78, 5) is 12.2. The van der Waals surface area contributed by atoms with Crippen LogP contribution < -0.4 is 10.1 Å². The molecular weight excluding hydrogens is 316 g/mol. The highest BCUT2D eigenvalue weighted by Gasteiger charge is 2.13. The number of aryl methyl sites for hydroxylation is 1. The van der Waals surface area contributed by atoms with E-state index in [4.69, 9.17) is 4.74 Å². The molecule has 0 fully saturated rings. The first-order chi connectivity index (χ1) is 12.1. The molecule has 25 heavy (non-hydrogen) atoms. The van der Waals surface area contributed by atoms with Crippen molar-refractivity contribution >= 4 is 5.91 Å². The Balaban J connectivity index is 1.54. The Hall–Kier alpha value is -3.15. The zero-order valence-corrected chi connectivity index (χ0v) is 14.2. The van der Waals surface area contributed by atoms with E-state index in [1.807, 2.05) is 68.4 Å². The van der Waals surface area contributed by atoms with E-state index in [2.05, 4.69) is 15.6 Å². The lowest BCUT2D eigenvalue weighted by Crippen LogP contribution is -2.33. The van der Waals surface area contributed by atoms with Crippen molar-refractivity contribution in [3.63, 3.8) is 0 Å². The van der Waals surface area contributed by atoms with Crippen LogP contribution in [0.3, 0.4) is 0 Å². The molecule has 128 valence electrons. The fourth-order valence-electron chi connectivity index (χ4n) is 2.29. The van der Waals surface area contributed by atoms with Gasteiger partial charge < -0.3 is 10.1 Å². The van der Waals surface area contributed by atoms with Gasteiger partial charge in [0.2, 0.25) is 0 Å². The lowest BCUT2D eigenvalue weighted by Gasteiger charge is -2.15. The minimum atomic E-state index is -0.276. The highest BCUT2D eigenvalue weighted by molar-refractivity contribution is 5.91. The number of para-hydroxylation sites is 1. The zero-order valence-electron chi connectivity index (χ0n) is 14.2. The van der Waals surface area contributed by atoms with Crippen LogP contribution in [-0.2, 0) is 0 Å². The number of nitrogens with one attached hydrogen (secondary N) is 1. The van der Waals surface area contributed by atoms with E-state index in [0.29, 0.717) is 6.54 Å². The third-order valence-corrected chi connectivity index (χ3v) is 3.66. The van der Waals surface area contributed by atoms with Gasteiger partial charge in [0, 0.05) is 0 Å². The third-order valence-electron chi connectivity index (χ3n) is 3.66. The monoisotopic (exact) mass is 336 g/mol. The van der Waals surface area contributed by atoms with Crippen LogP contribution in [0.4, 0.5) is 0 Å². The number of rotatable bonds is 6. The minimum absolute atomic E-state index is 0.157. The summed E-state index contributed by atoms with van der Waals surface area (Å²) < 4.78 is 7.34. The average molecular weight is 336 g/mol. The van der Waals surface area contributed by atoms with E-state index in [-0.39, 0.29) is 17.7 Å². The lowest BCUT2D eigenvalue weighted by atomic mass is 10.2. The summed E-state index contributed by atoms with van der Waals surface area (Å²) in [7, 11) is 0. The van der Waals surface area contributed by atoms with Gasteiger partial charge in [0.25, 0.3) is 5.91 Å². The van der Waals surface area contributed by atoms with Crippen molar-refractivity contribution in [2.45, 2.75) is 20.0 Å². The molecule has 0 bridgehead atoms. The van der Waals surface area contributed by atoms with Gasteiger partial charge in [-0.1, -0.05) is 41.1 Å². The van der Waals surface area contributed by atoms with Crippen molar-refractivity contribution in [2.75, 3.05) is 6.54 Å². The van der Waals surface area contributed by atoms with Gasteiger partial charge in [0.1, 0.15) is 11.9 Å². The normalized spacial score (nSPS) is 11.8. The van der Waals surface area contributed by atoms with Crippen molar-refractivity contribution < 1.29 is 9.53 Å². The van der Waals surface area contributed by atoms with Gasteiger partial charge in [0.05, 0.1) is 18.4 Å². The molecule has 6 nitrogen and oxygen atoms in total. The van der Waals surface area contributed by atoms with Crippen molar-refractivity contribution in [3.05, 3.63) is 72.1 Å². The van der Waals surface area contributed by atoms with E-state index in [0.717, 1.165) is 11.4 Å². The van der Waals surface area contributed by atoms with Gasteiger partial charge in [-0.3, -0.25) is 4.79 Å². The Labute approximate surface area is 146 Å². The molecule has 1 N–H and O–H groups in total. The number of aromatic nitrogens is 3. The Morgan fingerprint density at radius 3 is 2.60 bits per heavy atom. The van der Waals surface area contributed by atoms with Crippen LogP contribution >= 0.6 is 0 Å². The quantitative estimate of drug-likeness (QED) is 0.751. The van der Waals surface area contributed by atoms with Crippen LogP contribution in [0, 0.1) is 6.92 Å². The Kier molecular flexibility index (Phi) is 5.09. The van der Waals surface area contributed by atoms with Gasteiger partial charge in [-0.2, -0.15) is 0 Å². The van der Waals surface area contributed by atoms with Crippen LogP contribution in [0.1, 0.15) is 23.0 Å². The number of nitrogens with zero attached hydrogens (tertiary/aromatic N) is 3. The first-order valence-corrected chi connectivity index (χ1v) is 8.11. The van der Waals surface area contributed by atoms with E-state index >= 15 is 0 Å². The fourth-order valence-corrected chi connectivity index (χ4v) is 2.29. The number of carbonyl (C=O) groups is 1. The Morgan fingerprint density at radius 1 is 1.16 bits per heavy atom.